The normalized spacial score (nSPS) is 30.1. The van der Waals surface area contributed by atoms with Crippen molar-refractivity contribution in [2.24, 2.45) is 5.92 Å². The van der Waals surface area contributed by atoms with Crippen LogP contribution < -0.4 is 5.32 Å². The number of carbonyl (C=O) groups excluding carboxylic acids is 1. The lowest BCUT2D eigenvalue weighted by Crippen LogP contribution is -2.47. The maximum absolute atomic E-state index is 12.5. The first-order chi connectivity index (χ1) is 10.6. The number of rotatable bonds is 4. The Balaban J connectivity index is 1.87. The summed E-state index contributed by atoms with van der Waals surface area (Å²) in [5.41, 5.74) is 3.90. The number of allylic oxidation sites excluding steroid dienone is 1. The third kappa shape index (κ3) is 3.03. The van der Waals surface area contributed by atoms with Crippen LogP contribution in [0.15, 0.2) is 29.8 Å². The average molecular weight is 297 g/mol. The van der Waals surface area contributed by atoms with Gasteiger partial charge in [-0.1, -0.05) is 42.8 Å². The summed E-state index contributed by atoms with van der Waals surface area (Å²) in [6.45, 7) is 6.24. The molecule has 1 N–H and O–H groups in total. The molecule has 0 spiro atoms. The van der Waals surface area contributed by atoms with Crippen molar-refractivity contribution in [1.29, 1.82) is 0 Å². The third-order valence-electron chi connectivity index (χ3n) is 5.22. The number of Topliss-reactive ketones (excluding diaryl/α,β-unsaturated/α-hetero) is 1. The van der Waals surface area contributed by atoms with E-state index in [1.807, 2.05) is 6.92 Å². The van der Waals surface area contributed by atoms with Crippen LogP contribution in [0.1, 0.15) is 63.5 Å². The van der Waals surface area contributed by atoms with Crippen molar-refractivity contribution < 1.29 is 4.79 Å². The van der Waals surface area contributed by atoms with E-state index in [4.69, 9.17) is 0 Å². The molecule has 2 bridgehead atoms. The Labute approximate surface area is 134 Å². The number of carbonyl (C=O) groups is 1. The summed E-state index contributed by atoms with van der Waals surface area (Å²) < 4.78 is 0. The second kappa shape index (κ2) is 6.37. The molecule has 3 rings (SSSR count). The minimum atomic E-state index is 0.165. The minimum absolute atomic E-state index is 0.165. The molecule has 0 saturated carbocycles. The van der Waals surface area contributed by atoms with Gasteiger partial charge in [0.2, 0.25) is 0 Å². The summed E-state index contributed by atoms with van der Waals surface area (Å²) in [6, 6.07) is 9.86. The van der Waals surface area contributed by atoms with E-state index in [2.05, 4.69) is 49.5 Å². The molecule has 1 aromatic rings. The van der Waals surface area contributed by atoms with Crippen molar-refractivity contribution in [2.45, 2.75) is 64.5 Å². The Bertz CT molecular complexity index is 568. The SMILES string of the molecule is CCC(=O)[C@@H]1C2CCC(C[C@@H]1c1ccc(C=C(C)C)cc1)N2. The largest absolute Gasteiger partial charge is 0.310 e. The van der Waals surface area contributed by atoms with E-state index in [1.54, 1.807) is 0 Å². The van der Waals surface area contributed by atoms with E-state index >= 15 is 0 Å². The highest BCUT2D eigenvalue weighted by Crippen LogP contribution is 2.42. The van der Waals surface area contributed by atoms with Gasteiger partial charge in [-0.3, -0.25) is 4.79 Å². The Hall–Kier alpha value is -1.41. The summed E-state index contributed by atoms with van der Waals surface area (Å²) >= 11 is 0. The first-order valence-electron chi connectivity index (χ1n) is 8.62. The molecule has 2 heterocycles. The van der Waals surface area contributed by atoms with Gasteiger partial charge in [-0.05, 0) is 50.2 Å². The van der Waals surface area contributed by atoms with Gasteiger partial charge in [0.15, 0.2) is 0 Å². The Morgan fingerprint density at radius 3 is 2.59 bits per heavy atom. The third-order valence-corrected chi connectivity index (χ3v) is 5.22. The first kappa shape index (κ1) is 15.5. The smallest absolute Gasteiger partial charge is 0.137 e. The van der Waals surface area contributed by atoms with Gasteiger partial charge in [-0.25, -0.2) is 0 Å². The van der Waals surface area contributed by atoms with Gasteiger partial charge in [0, 0.05) is 24.4 Å². The molecule has 0 aliphatic carbocycles. The summed E-state index contributed by atoms with van der Waals surface area (Å²) in [7, 11) is 0. The number of hydrogen-bond acceptors (Lipinski definition) is 2. The van der Waals surface area contributed by atoms with Gasteiger partial charge in [0.05, 0.1) is 0 Å². The van der Waals surface area contributed by atoms with Gasteiger partial charge in [-0.2, -0.15) is 0 Å². The van der Waals surface area contributed by atoms with Crippen molar-refractivity contribution in [2.75, 3.05) is 0 Å². The van der Waals surface area contributed by atoms with Crippen molar-refractivity contribution in [3.05, 3.63) is 41.0 Å². The van der Waals surface area contributed by atoms with Gasteiger partial charge in [0.1, 0.15) is 5.78 Å². The van der Waals surface area contributed by atoms with E-state index in [0.29, 0.717) is 30.2 Å². The zero-order valence-electron chi connectivity index (χ0n) is 13.9. The Kier molecular flexibility index (Phi) is 4.49. The predicted octanol–water partition coefficient (Wildman–Crippen LogP) is 4.31. The van der Waals surface area contributed by atoms with Gasteiger partial charge < -0.3 is 5.32 Å². The maximum Gasteiger partial charge on any atom is 0.137 e. The molecule has 22 heavy (non-hydrogen) atoms. The molecule has 2 aliphatic rings. The second-order valence-electron chi connectivity index (χ2n) is 7.12. The lowest BCUT2D eigenvalue weighted by Gasteiger charge is -2.37. The van der Waals surface area contributed by atoms with Gasteiger partial charge >= 0.3 is 0 Å². The fourth-order valence-electron chi connectivity index (χ4n) is 4.25. The Morgan fingerprint density at radius 1 is 1.23 bits per heavy atom. The molecule has 4 atom stereocenters. The topological polar surface area (TPSA) is 29.1 Å². The van der Waals surface area contributed by atoms with E-state index in [-0.39, 0.29) is 5.92 Å². The molecule has 2 fully saturated rings. The molecule has 2 unspecified atom stereocenters. The van der Waals surface area contributed by atoms with Crippen LogP contribution in [-0.2, 0) is 4.79 Å². The van der Waals surface area contributed by atoms with Crippen LogP contribution in [0.2, 0.25) is 0 Å². The molecule has 118 valence electrons. The minimum Gasteiger partial charge on any atom is -0.310 e. The summed E-state index contributed by atoms with van der Waals surface area (Å²) in [5, 5.41) is 3.66. The highest BCUT2D eigenvalue weighted by atomic mass is 16.1. The fourth-order valence-corrected chi connectivity index (χ4v) is 4.25. The molecule has 2 aliphatic heterocycles. The van der Waals surface area contributed by atoms with E-state index in [1.165, 1.54) is 23.1 Å². The van der Waals surface area contributed by atoms with Crippen LogP contribution in [0.5, 0.6) is 0 Å². The molecule has 0 radical (unpaired) electrons. The van der Waals surface area contributed by atoms with Gasteiger partial charge in [-0.15, -0.1) is 0 Å². The van der Waals surface area contributed by atoms with E-state index in [9.17, 15) is 4.79 Å². The lowest BCUT2D eigenvalue weighted by molar-refractivity contribution is -0.124. The zero-order valence-corrected chi connectivity index (χ0v) is 13.9. The van der Waals surface area contributed by atoms with Crippen LogP contribution in [0.25, 0.3) is 6.08 Å². The number of ketones is 1. The van der Waals surface area contributed by atoms with Crippen molar-refractivity contribution in [3.8, 4) is 0 Å². The molecule has 1 aromatic carbocycles. The molecule has 2 saturated heterocycles. The molecule has 2 nitrogen and oxygen atoms in total. The lowest BCUT2D eigenvalue weighted by atomic mass is 9.74. The van der Waals surface area contributed by atoms with E-state index < -0.39 is 0 Å². The maximum atomic E-state index is 12.5. The monoisotopic (exact) mass is 297 g/mol. The summed E-state index contributed by atoms with van der Waals surface area (Å²) in [4.78, 5) is 12.5. The van der Waals surface area contributed by atoms with Crippen molar-refractivity contribution >= 4 is 11.9 Å². The quantitative estimate of drug-likeness (QED) is 0.897. The molecule has 0 aromatic heterocycles. The van der Waals surface area contributed by atoms with Gasteiger partial charge in [0.25, 0.3) is 0 Å². The van der Waals surface area contributed by atoms with Crippen LogP contribution in [0, 0.1) is 5.92 Å². The summed E-state index contributed by atoms with van der Waals surface area (Å²) in [5.74, 6) is 0.987. The number of fused-ring (bicyclic) bond motifs is 2. The van der Waals surface area contributed by atoms with Crippen LogP contribution in [0.3, 0.4) is 0 Å². The van der Waals surface area contributed by atoms with Crippen LogP contribution >= 0.6 is 0 Å². The number of hydrogen-bond donors (Lipinski definition) is 1. The van der Waals surface area contributed by atoms with Crippen LogP contribution in [-0.4, -0.2) is 17.9 Å². The predicted molar refractivity (Wildman–Crippen MR) is 91.9 cm³/mol. The van der Waals surface area contributed by atoms with Crippen LogP contribution in [0.4, 0.5) is 0 Å². The number of piperidine rings is 1. The number of nitrogens with one attached hydrogen (secondary N) is 1. The zero-order chi connectivity index (χ0) is 15.7. The summed E-state index contributed by atoms with van der Waals surface area (Å²) in [6.07, 6.45) is 6.34. The molecular formula is C20H27NO. The highest BCUT2D eigenvalue weighted by molar-refractivity contribution is 5.82. The average Bonchev–Trinajstić information content (AvgIpc) is 2.88. The molecule has 0 amide bonds. The fraction of sp³-hybridized carbons (Fsp3) is 0.550. The highest BCUT2D eigenvalue weighted by Gasteiger charge is 2.44. The number of benzene rings is 1. The van der Waals surface area contributed by atoms with E-state index in [0.717, 1.165) is 12.8 Å². The standard InChI is InChI=1S/C20H27NO/c1-4-19(22)20-17(12-16-9-10-18(20)21-16)15-7-5-14(6-8-15)11-13(2)3/h5-8,11,16-18,20-21H,4,9-10,12H2,1-3H3/t16?,17-,18?,20+/m1/s1. The first-order valence-corrected chi connectivity index (χ1v) is 8.62. The second-order valence-corrected chi connectivity index (χ2v) is 7.12. The Morgan fingerprint density at radius 2 is 1.95 bits per heavy atom. The molecular weight excluding hydrogens is 270 g/mol. The van der Waals surface area contributed by atoms with Crippen molar-refractivity contribution in [1.82, 2.24) is 5.32 Å². The molecule has 2 heteroatoms. The van der Waals surface area contributed by atoms with Crippen molar-refractivity contribution in [3.63, 3.8) is 0 Å².